The van der Waals surface area contributed by atoms with Crippen LogP contribution in [0.5, 0.6) is 0 Å². The van der Waals surface area contributed by atoms with E-state index in [2.05, 4.69) is 6.92 Å². The highest BCUT2D eigenvalue weighted by Crippen LogP contribution is 2.72. The molecular weight excluding hydrogens is 140 g/mol. The summed E-state index contributed by atoms with van der Waals surface area (Å²) in [6, 6.07) is 0. The van der Waals surface area contributed by atoms with Gasteiger partial charge in [-0.15, -0.1) is 0 Å². The zero-order valence-electron chi connectivity index (χ0n) is 7.26. The number of methoxy groups -OCH3 is 1. The van der Waals surface area contributed by atoms with Crippen molar-refractivity contribution in [1.82, 2.24) is 0 Å². The molecule has 0 heterocycles. The van der Waals surface area contributed by atoms with E-state index >= 15 is 0 Å². The average molecular weight is 156 g/mol. The second kappa shape index (κ2) is 1.99. The normalized spacial score (nSPS) is 54.3. The van der Waals surface area contributed by atoms with Gasteiger partial charge in [0, 0.05) is 25.0 Å². The van der Waals surface area contributed by atoms with E-state index in [1.165, 1.54) is 12.8 Å². The van der Waals surface area contributed by atoms with Crippen LogP contribution < -0.4 is 0 Å². The van der Waals surface area contributed by atoms with Crippen LogP contribution in [0.1, 0.15) is 26.2 Å². The molecule has 2 nitrogen and oxygen atoms in total. The third-order valence-electron chi connectivity index (χ3n) is 4.01. The molecular formula is C9H16O2. The summed E-state index contributed by atoms with van der Waals surface area (Å²) in [5.41, 5.74) is 0.359. The van der Waals surface area contributed by atoms with E-state index < -0.39 is 0 Å². The summed E-state index contributed by atoms with van der Waals surface area (Å²) in [6.45, 7) is 2.54. The van der Waals surface area contributed by atoms with Gasteiger partial charge >= 0.3 is 0 Å². The highest BCUT2D eigenvalue weighted by Gasteiger charge is 2.75. The van der Waals surface area contributed by atoms with Crippen LogP contribution in [0, 0.1) is 11.3 Å². The van der Waals surface area contributed by atoms with E-state index in [9.17, 15) is 0 Å². The van der Waals surface area contributed by atoms with Gasteiger partial charge in [-0.25, -0.2) is 0 Å². The summed E-state index contributed by atoms with van der Waals surface area (Å²) in [4.78, 5) is 0. The van der Waals surface area contributed by atoms with Gasteiger partial charge in [-0.1, -0.05) is 6.92 Å². The zero-order valence-corrected chi connectivity index (χ0v) is 7.26. The molecule has 2 aliphatic rings. The molecule has 0 spiro atoms. The third-order valence-corrected chi connectivity index (χ3v) is 4.01. The minimum absolute atomic E-state index is 0.0573. The Morgan fingerprint density at radius 2 is 2.27 bits per heavy atom. The van der Waals surface area contributed by atoms with E-state index in [0.717, 1.165) is 6.42 Å². The van der Waals surface area contributed by atoms with Gasteiger partial charge < -0.3 is 9.84 Å². The molecule has 0 saturated heterocycles. The van der Waals surface area contributed by atoms with Gasteiger partial charge in [0.25, 0.3) is 0 Å². The summed E-state index contributed by atoms with van der Waals surface area (Å²) < 4.78 is 5.52. The Morgan fingerprint density at radius 1 is 1.55 bits per heavy atom. The number of aliphatic hydroxyl groups excluding tert-OH is 1. The number of aliphatic hydroxyl groups is 1. The zero-order chi connectivity index (χ0) is 8.11. The molecule has 0 aromatic carbocycles. The van der Waals surface area contributed by atoms with E-state index in [-0.39, 0.29) is 5.60 Å². The summed E-state index contributed by atoms with van der Waals surface area (Å²) in [6.07, 6.45) is 3.64. The van der Waals surface area contributed by atoms with Gasteiger partial charge in [0.1, 0.15) is 0 Å². The number of fused-ring (bicyclic) bond motifs is 1. The molecule has 2 saturated carbocycles. The van der Waals surface area contributed by atoms with Crippen molar-refractivity contribution in [3.63, 3.8) is 0 Å². The molecule has 64 valence electrons. The summed E-state index contributed by atoms with van der Waals surface area (Å²) in [7, 11) is 1.78. The molecule has 0 radical (unpaired) electrons. The van der Waals surface area contributed by atoms with Crippen molar-refractivity contribution in [2.24, 2.45) is 11.3 Å². The Kier molecular flexibility index (Phi) is 1.37. The monoisotopic (exact) mass is 156 g/mol. The first-order chi connectivity index (χ1) is 5.21. The number of rotatable bonds is 2. The fourth-order valence-electron chi connectivity index (χ4n) is 3.22. The Labute approximate surface area is 67.6 Å². The molecule has 11 heavy (non-hydrogen) atoms. The van der Waals surface area contributed by atoms with Crippen molar-refractivity contribution < 1.29 is 9.84 Å². The van der Waals surface area contributed by atoms with Crippen molar-refractivity contribution in [1.29, 1.82) is 0 Å². The number of hydrogen-bond donors (Lipinski definition) is 1. The Balaban J connectivity index is 2.21. The van der Waals surface area contributed by atoms with Crippen LogP contribution in [0.2, 0.25) is 0 Å². The van der Waals surface area contributed by atoms with Crippen LogP contribution in [0.15, 0.2) is 0 Å². The molecule has 0 bridgehead atoms. The summed E-state index contributed by atoms with van der Waals surface area (Å²) in [5, 5.41) is 9.09. The maximum Gasteiger partial charge on any atom is 0.0792 e. The van der Waals surface area contributed by atoms with Gasteiger partial charge in [-0.2, -0.15) is 0 Å². The maximum atomic E-state index is 9.09. The SMILES string of the molecule is COC12CCCC1(C)C2CO. The van der Waals surface area contributed by atoms with Crippen molar-refractivity contribution in [2.45, 2.75) is 31.8 Å². The van der Waals surface area contributed by atoms with Gasteiger partial charge in [-0.05, 0) is 19.3 Å². The minimum Gasteiger partial charge on any atom is -0.396 e. The molecule has 2 heteroatoms. The lowest BCUT2D eigenvalue weighted by Crippen LogP contribution is -2.16. The second-order valence-corrected chi connectivity index (χ2v) is 4.10. The molecule has 0 amide bonds. The molecule has 0 aliphatic heterocycles. The molecule has 2 fully saturated rings. The van der Waals surface area contributed by atoms with Crippen molar-refractivity contribution in [2.75, 3.05) is 13.7 Å². The van der Waals surface area contributed by atoms with Crippen LogP contribution in [0.4, 0.5) is 0 Å². The van der Waals surface area contributed by atoms with Gasteiger partial charge in [0.15, 0.2) is 0 Å². The Hall–Kier alpha value is -0.0800. The van der Waals surface area contributed by atoms with E-state index in [1.807, 2.05) is 0 Å². The highest BCUT2D eigenvalue weighted by molar-refractivity contribution is 5.25. The maximum absolute atomic E-state index is 9.09. The number of ether oxygens (including phenoxy) is 1. The van der Waals surface area contributed by atoms with Crippen LogP contribution in [0.25, 0.3) is 0 Å². The van der Waals surface area contributed by atoms with Gasteiger partial charge in [0.05, 0.1) is 5.60 Å². The first-order valence-corrected chi connectivity index (χ1v) is 4.37. The first kappa shape index (κ1) is 7.56. The number of hydrogen-bond acceptors (Lipinski definition) is 2. The van der Waals surface area contributed by atoms with Crippen LogP contribution >= 0.6 is 0 Å². The molecule has 2 aliphatic carbocycles. The topological polar surface area (TPSA) is 29.5 Å². The molecule has 3 unspecified atom stereocenters. The second-order valence-electron chi connectivity index (χ2n) is 4.10. The Bertz CT molecular complexity index is 180. The van der Waals surface area contributed by atoms with Gasteiger partial charge in [0.2, 0.25) is 0 Å². The van der Waals surface area contributed by atoms with Crippen molar-refractivity contribution in [3.05, 3.63) is 0 Å². The lowest BCUT2D eigenvalue weighted by molar-refractivity contribution is 0.0431. The quantitative estimate of drug-likeness (QED) is 0.650. The largest absolute Gasteiger partial charge is 0.396 e. The molecule has 2 rings (SSSR count). The minimum atomic E-state index is 0.0573. The standard InChI is InChI=1S/C9H16O2/c1-8-4-3-5-9(8,11-2)7(8)6-10/h7,10H,3-6H2,1-2H3. The molecule has 0 aromatic heterocycles. The van der Waals surface area contributed by atoms with Gasteiger partial charge in [-0.3, -0.25) is 0 Å². The van der Waals surface area contributed by atoms with Crippen LogP contribution in [0.3, 0.4) is 0 Å². The highest BCUT2D eigenvalue weighted by atomic mass is 16.5. The van der Waals surface area contributed by atoms with Crippen molar-refractivity contribution in [3.8, 4) is 0 Å². The third kappa shape index (κ3) is 0.611. The molecule has 0 aromatic rings. The molecule has 1 N–H and O–H groups in total. The lowest BCUT2D eigenvalue weighted by Gasteiger charge is -2.11. The average Bonchev–Trinajstić information content (AvgIpc) is 2.31. The summed E-state index contributed by atoms with van der Waals surface area (Å²) >= 11 is 0. The predicted molar refractivity (Wildman–Crippen MR) is 42.3 cm³/mol. The smallest absolute Gasteiger partial charge is 0.0792 e. The van der Waals surface area contributed by atoms with E-state index in [0.29, 0.717) is 17.9 Å². The Morgan fingerprint density at radius 3 is 2.64 bits per heavy atom. The fraction of sp³-hybridized carbons (Fsp3) is 1.00. The molecule has 3 atom stereocenters. The fourth-order valence-corrected chi connectivity index (χ4v) is 3.22. The van der Waals surface area contributed by atoms with E-state index in [1.54, 1.807) is 7.11 Å². The summed E-state index contributed by atoms with van der Waals surface area (Å²) in [5.74, 6) is 0.411. The first-order valence-electron chi connectivity index (χ1n) is 4.37. The van der Waals surface area contributed by atoms with Crippen LogP contribution in [-0.4, -0.2) is 24.4 Å². The predicted octanol–water partition coefficient (Wildman–Crippen LogP) is 1.18. The van der Waals surface area contributed by atoms with Crippen molar-refractivity contribution >= 4 is 0 Å². The van der Waals surface area contributed by atoms with E-state index in [4.69, 9.17) is 9.84 Å². The van der Waals surface area contributed by atoms with Crippen LogP contribution in [-0.2, 0) is 4.74 Å². The lowest BCUT2D eigenvalue weighted by atomic mass is 10.0.